The average Bonchev–Trinajstić information content (AvgIpc) is 3.45. The van der Waals surface area contributed by atoms with Gasteiger partial charge in [-0.25, -0.2) is 0 Å². The van der Waals surface area contributed by atoms with Crippen molar-refractivity contribution in [3.8, 4) is 0 Å². The van der Waals surface area contributed by atoms with Gasteiger partial charge in [-0.3, -0.25) is 14.4 Å². The number of hydrogen-bond donors (Lipinski definition) is 0. The summed E-state index contributed by atoms with van der Waals surface area (Å²) in [6.45, 7) is 6.13. The number of ether oxygens (including phenoxy) is 3. The Hall–Kier alpha value is -6.01. The molecule has 0 bridgehead atoms. The maximum atomic E-state index is 12.8. The van der Waals surface area contributed by atoms with Gasteiger partial charge in [0.2, 0.25) is 0 Å². The van der Waals surface area contributed by atoms with Crippen molar-refractivity contribution in [1.29, 1.82) is 0 Å². The molecule has 0 saturated heterocycles. The molecule has 0 spiro atoms. The molecule has 1 atom stereocenters. The maximum Gasteiger partial charge on any atom is 0.306 e. The van der Waals surface area contributed by atoms with Crippen LogP contribution in [0.4, 0.5) is 0 Å². The van der Waals surface area contributed by atoms with Gasteiger partial charge >= 0.3 is 17.9 Å². The molecule has 0 rings (SSSR count). The van der Waals surface area contributed by atoms with E-state index in [1.54, 1.807) is 0 Å². The first-order chi connectivity index (χ1) is 39.0. The van der Waals surface area contributed by atoms with E-state index >= 15 is 0 Å². The minimum absolute atomic E-state index is 0.148. The molecule has 6 heteroatoms. The molecule has 0 N–H and O–H groups in total. The normalized spacial score (nSPS) is 13.6. The van der Waals surface area contributed by atoms with Gasteiger partial charge in [-0.15, -0.1) is 0 Å². The highest BCUT2D eigenvalue weighted by molar-refractivity contribution is 5.71. The third kappa shape index (κ3) is 62.7. The Bertz CT molecular complexity index is 1960. The van der Waals surface area contributed by atoms with Crippen LogP contribution in [0.1, 0.15) is 213 Å². The van der Waals surface area contributed by atoms with Gasteiger partial charge < -0.3 is 14.2 Å². The summed E-state index contributed by atoms with van der Waals surface area (Å²) in [5, 5.41) is 0. The molecule has 0 aromatic rings. The molecule has 0 amide bonds. The number of allylic oxidation sites excluding steroid dienone is 34. The molecule has 6 nitrogen and oxygen atoms in total. The lowest BCUT2D eigenvalue weighted by Gasteiger charge is -2.18. The van der Waals surface area contributed by atoms with E-state index in [2.05, 4.69) is 203 Å². The lowest BCUT2D eigenvalue weighted by Crippen LogP contribution is -2.30. The van der Waals surface area contributed by atoms with Gasteiger partial charge in [0.05, 0.1) is 0 Å². The monoisotopic (exact) mass is 1080 g/mol. The van der Waals surface area contributed by atoms with Gasteiger partial charge in [0.1, 0.15) is 13.2 Å². The summed E-state index contributed by atoms with van der Waals surface area (Å²) in [5.74, 6) is -1.14. The molecule has 0 aliphatic rings. The van der Waals surface area contributed by atoms with Crippen molar-refractivity contribution < 1.29 is 28.6 Å². The first-order valence-corrected chi connectivity index (χ1v) is 30.6. The Morgan fingerprint density at radius 3 is 0.785 bits per heavy atom. The maximum absolute atomic E-state index is 12.8. The van der Waals surface area contributed by atoms with Crippen molar-refractivity contribution in [1.82, 2.24) is 0 Å². The van der Waals surface area contributed by atoms with Crippen molar-refractivity contribution in [3.05, 3.63) is 207 Å². The summed E-state index contributed by atoms with van der Waals surface area (Å²) < 4.78 is 16.7. The fraction of sp³-hybridized carbons (Fsp3) is 0.493. The van der Waals surface area contributed by atoms with Gasteiger partial charge in [0.15, 0.2) is 6.10 Å². The van der Waals surface area contributed by atoms with Gasteiger partial charge in [0.25, 0.3) is 0 Å². The zero-order valence-electron chi connectivity index (χ0n) is 49.8. The Morgan fingerprint density at radius 1 is 0.253 bits per heavy atom. The SMILES string of the molecule is CC/C=C\C/C=C\C/C=C\C/C=C\C/C=C\C/C=C\C/C=C\CCCCCCCCCC(=O)OCC(COC(=O)CC/C=C\C/C=C\C/C=C\C/C=C\CC)OC(=O)CC/C=C\C/C=C\C/C=C\C/C=C\C/C=C\C/C=C\CC. The lowest BCUT2D eigenvalue weighted by molar-refractivity contribution is -0.166. The van der Waals surface area contributed by atoms with Crippen LogP contribution in [0.15, 0.2) is 207 Å². The van der Waals surface area contributed by atoms with E-state index in [0.29, 0.717) is 19.3 Å². The van der Waals surface area contributed by atoms with Crippen LogP contribution in [-0.2, 0) is 28.6 Å². The third-order valence-corrected chi connectivity index (χ3v) is 11.8. The number of hydrogen-bond acceptors (Lipinski definition) is 6. The summed E-state index contributed by atoms with van der Waals surface area (Å²) in [7, 11) is 0. The first-order valence-electron chi connectivity index (χ1n) is 30.6. The molecule has 79 heavy (non-hydrogen) atoms. The lowest BCUT2D eigenvalue weighted by atomic mass is 10.1. The zero-order valence-corrected chi connectivity index (χ0v) is 49.8. The second-order valence-electron chi connectivity index (χ2n) is 19.1. The van der Waals surface area contributed by atoms with E-state index in [1.165, 1.54) is 19.3 Å². The molecule has 0 aromatic heterocycles. The zero-order chi connectivity index (χ0) is 57.1. The molecular weight excluding hydrogens is 973 g/mol. The predicted molar refractivity (Wildman–Crippen MR) is 343 cm³/mol. The van der Waals surface area contributed by atoms with Crippen LogP contribution in [0.25, 0.3) is 0 Å². The van der Waals surface area contributed by atoms with E-state index in [4.69, 9.17) is 14.2 Å². The van der Waals surface area contributed by atoms with Crippen molar-refractivity contribution in [2.75, 3.05) is 13.2 Å². The van der Waals surface area contributed by atoms with E-state index in [1.807, 2.05) is 24.3 Å². The van der Waals surface area contributed by atoms with Gasteiger partial charge in [0, 0.05) is 19.3 Å². The van der Waals surface area contributed by atoms with Crippen molar-refractivity contribution in [2.24, 2.45) is 0 Å². The van der Waals surface area contributed by atoms with E-state index in [9.17, 15) is 14.4 Å². The highest BCUT2D eigenvalue weighted by Crippen LogP contribution is 2.12. The summed E-state index contributed by atoms with van der Waals surface area (Å²) in [4.78, 5) is 38.2. The highest BCUT2D eigenvalue weighted by atomic mass is 16.6. The van der Waals surface area contributed by atoms with Crippen LogP contribution in [0.2, 0.25) is 0 Å². The fourth-order valence-electron chi connectivity index (χ4n) is 7.34. The highest BCUT2D eigenvalue weighted by Gasteiger charge is 2.19. The largest absolute Gasteiger partial charge is 0.462 e. The van der Waals surface area contributed by atoms with Crippen LogP contribution in [0.3, 0.4) is 0 Å². The number of unbranched alkanes of at least 4 members (excludes halogenated alkanes) is 7. The average molecular weight is 1080 g/mol. The molecule has 0 aliphatic carbocycles. The number of rotatable bonds is 52. The smallest absolute Gasteiger partial charge is 0.306 e. The van der Waals surface area contributed by atoms with Crippen molar-refractivity contribution in [2.45, 2.75) is 219 Å². The second kappa shape index (κ2) is 64.5. The van der Waals surface area contributed by atoms with Crippen LogP contribution >= 0.6 is 0 Å². The van der Waals surface area contributed by atoms with Crippen LogP contribution in [0.5, 0.6) is 0 Å². The van der Waals surface area contributed by atoms with Gasteiger partial charge in [-0.2, -0.15) is 0 Å². The Morgan fingerprint density at radius 2 is 0.481 bits per heavy atom. The van der Waals surface area contributed by atoms with Crippen molar-refractivity contribution in [3.63, 3.8) is 0 Å². The molecule has 0 saturated carbocycles. The van der Waals surface area contributed by atoms with E-state index in [0.717, 1.165) is 141 Å². The summed E-state index contributed by atoms with van der Waals surface area (Å²) in [6, 6.07) is 0. The minimum atomic E-state index is -0.866. The summed E-state index contributed by atoms with van der Waals surface area (Å²) in [5.41, 5.74) is 0. The number of esters is 3. The van der Waals surface area contributed by atoms with Crippen LogP contribution in [0, 0.1) is 0 Å². The van der Waals surface area contributed by atoms with Crippen LogP contribution < -0.4 is 0 Å². The Balaban J connectivity index is 4.52. The predicted octanol–water partition coefficient (Wildman–Crippen LogP) is 21.2. The summed E-state index contributed by atoms with van der Waals surface area (Å²) >= 11 is 0. The summed E-state index contributed by atoms with van der Waals surface area (Å²) in [6.07, 6.45) is 100.0. The molecule has 0 aliphatic heterocycles. The molecule has 0 heterocycles. The fourth-order valence-corrected chi connectivity index (χ4v) is 7.34. The molecule has 0 radical (unpaired) electrons. The molecular formula is C73H108O6. The minimum Gasteiger partial charge on any atom is -0.462 e. The van der Waals surface area contributed by atoms with Gasteiger partial charge in [-0.05, 0) is 141 Å². The Kier molecular flexibility index (Phi) is 59.6. The first kappa shape index (κ1) is 73.0. The standard InChI is InChI=1S/C73H108O6/c1-4-7-10-13-16-19-22-25-27-29-31-32-33-34-35-36-37-38-39-40-42-43-45-48-51-54-57-60-63-66-72(75)78-69-70(68-77-71(74)65-62-59-56-53-50-47-24-21-18-15-12-9-6-3)79-73(76)67-64-61-58-55-52-49-46-44-41-30-28-26-23-20-17-14-11-8-5-2/h7-12,16-21,25-28,31-32,34-35,37-38,40-42,44,47,49-50,52,56,58-59,61,70H,4-6,13-15,22-24,29-30,33,36,39,43,45-46,48,51,53-55,57,60,62-69H2,1-3H3/b10-7-,11-8-,12-9-,19-16-,20-17-,21-18-,27-25-,28-26-,32-31-,35-34-,38-37-,42-40-,44-41-,50-47-,52-49-,59-56-,61-58-. The molecule has 0 aromatic carbocycles. The quantitative estimate of drug-likeness (QED) is 0.0261. The van der Waals surface area contributed by atoms with Crippen molar-refractivity contribution >= 4 is 17.9 Å². The molecule has 0 fully saturated rings. The second-order valence-corrected chi connectivity index (χ2v) is 19.1. The Labute approximate surface area is 483 Å². The third-order valence-electron chi connectivity index (χ3n) is 11.8. The number of carbonyl (C=O) groups excluding carboxylic acids is 3. The van der Waals surface area contributed by atoms with Crippen LogP contribution in [-0.4, -0.2) is 37.2 Å². The topological polar surface area (TPSA) is 78.9 Å². The van der Waals surface area contributed by atoms with E-state index < -0.39 is 12.1 Å². The molecule has 1 unspecified atom stereocenters. The molecule has 436 valence electrons. The van der Waals surface area contributed by atoms with Gasteiger partial charge in [-0.1, -0.05) is 259 Å². The van der Waals surface area contributed by atoms with E-state index in [-0.39, 0.29) is 38.0 Å². The number of carbonyl (C=O) groups is 3.